The van der Waals surface area contributed by atoms with E-state index in [4.69, 9.17) is 0 Å². The standard InChI is InChI=1S/C15H20N4O3S/c1-4-19(5-2)15(20)12-7-6-8-13(9-12)17-23(21,22)14-10-16-18(3)11-14/h6-11,17H,4-5H2,1-3H3. The highest BCUT2D eigenvalue weighted by Gasteiger charge is 2.18. The van der Waals surface area contributed by atoms with Crippen LogP contribution in [0.3, 0.4) is 0 Å². The molecule has 0 saturated carbocycles. The normalized spacial score (nSPS) is 11.3. The summed E-state index contributed by atoms with van der Waals surface area (Å²) in [5.41, 5.74) is 0.784. The number of nitrogens with zero attached hydrogens (tertiary/aromatic N) is 3. The van der Waals surface area contributed by atoms with Gasteiger partial charge in [0.05, 0.1) is 6.20 Å². The summed E-state index contributed by atoms with van der Waals surface area (Å²) in [5, 5.41) is 3.85. The number of nitrogens with one attached hydrogen (secondary N) is 1. The van der Waals surface area contributed by atoms with E-state index < -0.39 is 10.0 Å². The van der Waals surface area contributed by atoms with Crippen molar-refractivity contribution in [3.8, 4) is 0 Å². The largest absolute Gasteiger partial charge is 0.339 e. The minimum atomic E-state index is -3.72. The first-order chi connectivity index (χ1) is 10.9. The van der Waals surface area contributed by atoms with Crippen LogP contribution in [-0.4, -0.2) is 42.1 Å². The summed E-state index contributed by atoms with van der Waals surface area (Å²) in [6, 6.07) is 6.46. The van der Waals surface area contributed by atoms with E-state index in [2.05, 4.69) is 9.82 Å². The van der Waals surface area contributed by atoms with Crippen LogP contribution in [0, 0.1) is 0 Å². The van der Waals surface area contributed by atoms with Crippen molar-refractivity contribution in [3.63, 3.8) is 0 Å². The quantitative estimate of drug-likeness (QED) is 0.870. The van der Waals surface area contributed by atoms with Gasteiger partial charge < -0.3 is 4.90 Å². The van der Waals surface area contributed by atoms with Crippen molar-refractivity contribution >= 4 is 21.6 Å². The molecule has 23 heavy (non-hydrogen) atoms. The molecule has 1 aromatic heterocycles. The molecule has 0 aliphatic carbocycles. The molecule has 0 aliphatic heterocycles. The lowest BCUT2D eigenvalue weighted by Gasteiger charge is -2.19. The van der Waals surface area contributed by atoms with Gasteiger partial charge in [-0.2, -0.15) is 5.10 Å². The fourth-order valence-corrected chi connectivity index (χ4v) is 3.19. The highest BCUT2D eigenvalue weighted by Crippen LogP contribution is 2.17. The number of anilines is 1. The molecule has 0 spiro atoms. The number of aryl methyl sites for hydroxylation is 1. The molecule has 0 radical (unpaired) electrons. The van der Waals surface area contributed by atoms with E-state index in [0.29, 0.717) is 24.3 Å². The van der Waals surface area contributed by atoms with Crippen molar-refractivity contribution in [2.75, 3.05) is 17.8 Å². The number of hydrogen-bond acceptors (Lipinski definition) is 4. The number of carbonyl (C=O) groups excluding carboxylic acids is 1. The van der Waals surface area contributed by atoms with Crippen LogP contribution in [0.4, 0.5) is 5.69 Å². The van der Waals surface area contributed by atoms with Gasteiger partial charge in [0, 0.05) is 37.6 Å². The molecule has 8 heteroatoms. The summed E-state index contributed by atoms with van der Waals surface area (Å²) in [4.78, 5) is 14.1. The maximum Gasteiger partial charge on any atom is 0.265 e. The molecule has 0 saturated heterocycles. The number of benzene rings is 1. The summed E-state index contributed by atoms with van der Waals surface area (Å²) in [7, 11) is -2.08. The maximum absolute atomic E-state index is 12.3. The van der Waals surface area contributed by atoms with Crippen LogP contribution in [0.5, 0.6) is 0 Å². The summed E-state index contributed by atoms with van der Waals surface area (Å²) in [6.07, 6.45) is 2.68. The predicted octanol–water partition coefficient (Wildman–Crippen LogP) is 1.70. The van der Waals surface area contributed by atoms with Gasteiger partial charge in [-0.1, -0.05) is 6.07 Å². The van der Waals surface area contributed by atoms with E-state index in [-0.39, 0.29) is 10.8 Å². The van der Waals surface area contributed by atoms with Gasteiger partial charge in [-0.15, -0.1) is 0 Å². The van der Waals surface area contributed by atoms with Crippen molar-refractivity contribution < 1.29 is 13.2 Å². The molecule has 7 nitrogen and oxygen atoms in total. The summed E-state index contributed by atoms with van der Waals surface area (Å²) in [5.74, 6) is -0.127. The zero-order valence-electron chi connectivity index (χ0n) is 13.4. The number of sulfonamides is 1. The van der Waals surface area contributed by atoms with Crippen LogP contribution in [0.1, 0.15) is 24.2 Å². The van der Waals surface area contributed by atoms with E-state index >= 15 is 0 Å². The zero-order valence-corrected chi connectivity index (χ0v) is 14.2. The van der Waals surface area contributed by atoms with E-state index in [1.165, 1.54) is 23.1 Å². The molecule has 1 heterocycles. The molecule has 1 N–H and O–H groups in total. The summed E-state index contributed by atoms with van der Waals surface area (Å²) in [6.45, 7) is 4.99. The van der Waals surface area contributed by atoms with E-state index in [1.54, 1.807) is 30.1 Å². The lowest BCUT2D eigenvalue weighted by molar-refractivity contribution is 0.0773. The lowest BCUT2D eigenvalue weighted by atomic mass is 10.2. The fourth-order valence-electron chi connectivity index (χ4n) is 2.16. The Hall–Kier alpha value is -2.35. The smallest absolute Gasteiger partial charge is 0.265 e. The van der Waals surface area contributed by atoms with Crippen LogP contribution in [-0.2, 0) is 17.1 Å². The molecule has 0 atom stereocenters. The third kappa shape index (κ3) is 3.89. The molecule has 0 fully saturated rings. The highest BCUT2D eigenvalue weighted by molar-refractivity contribution is 7.92. The van der Waals surface area contributed by atoms with Crippen LogP contribution in [0.2, 0.25) is 0 Å². The Morgan fingerprint density at radius 2 is 2.00 bits per heavy atom. The molecule has 1 aromatic carbocycles. The number of amides is 1. The van der Waals surface area contributed by atoms with Crippen molar-refractivity contribution in [1.82, 2.24) is 14.7 Å². The second-order valence-corrected chi connectivity index (χ2v) is 6.70. The third-order valence-electron chi connectivity index (χ3n) is 3.40. The molecular weight excluding hydrogens is 316 g/mol. The molecule has 2 rings (SSSR count). The number of hydrogen-bond donors (Lipinski definition) is 1. The van der Waals surface area contributed by atoms with E-state index in [0.717, 1.165) is 0 Å². The average molecular weight is 336 g/mol. The molecule has 0 aliphatic rings. The number of rotatable bonds is 6. The van der Waals surface area contributed by atoms with Gasteiger partial charge in [0.2, 0.25) is 0 Å². The predicted molar refractivity (Wildman–Crippen MR) is 87.7 cm³/mol. The third-order valence-corrected chi connectivity index (χ3v) is 4.74. The van der Waals surface area contributed by atoms with Gasteiger partial charge in [0.1, 0.15) is 4.90 Å². The second-order valence-electron chi connectivity index (χ2n) is 5.01. The van der Waals surface area contributed by atoms with E-state index in [9.17, 15) is 13.2 Å². The molecule has 2 aromatic rings. The Labute approximate surface area is 136 Å². The Morgan fingerprint density at radius 3 is 2.57 bits per heavy atom. The number of carbonyl (C=O) groups is 1. The van der Waals surface area contributed by atoms with Gasteiger partial charge in [-0.05, 0) is 32.0 Å². The second kappa shape index (κ2) is 6.82. The van der Waals surface area contributed by atoms with Crippen LogP contribution in [0.15, 0.2) is 41.6 Å². The monoisotopic (exact) mass is 336 g/mol. The Kier molecular flexibility index (Phi) is 5.05. The first kappa shape index (κ1) is 17.0. The summed E-state index contributed by atoms with van der Waals surface area (Å²) < 4.78 is 28.4. The SMILES string of the molecule is CCN(CC)C(=O)c1cccc(NS(=O)(=O)c2cnn(C)c2)c1. The van der Waals surface area contributed by atoms with Crippen LogP contribution >= 0.6 is 0 Å². The Bertz CT molecular complexity index is 795. The van der Waals surface area contributed by atoms with Crippen LogP contribution < -0.4 is 4.72 Å². The van der Waals surface area contributed by atoms with Gasteiger partial charge in [0.25, 0.3) is 15.9 Å². The van der Waals surface area contributed by atoms with E-state index in [1.807, 2.05) is 13.8 Å². The molecule has 124 valence electrons. The molecule has 1 amide bonds. The molecule has 0 unspecified atom stereocenters. The zero-order chi connectivity index (χ0) is 17.0. The first-order valence-electron chi connectivity index (χ1n) is 7.28. The average Bonchev–Trinajstić information content (AvgIpc) is 2.96. The highest BCUT2D eigenvalue weighted by atomic mass is 32.2. The van der Waals surface area contributed by atoms with Crippen molar-refractivity contribution in [3.05, 3.63) is 42.2 Å². The summed E-state index contributed by atoms with van der Waals surface area (Å²) >= 11 is 0. The minimum absolute atomic E-state index is 0.0699. The maximum atomic E-state index is 12.3. The lowest BCUT2D eigenvalue weighted by Crippen LogP contribution is -2.30. The Morgan fingerprint density at radius 1 is 1.30 bits per heavy atom. The first-order valence-corrected chi connectivity index (χ1v) is 8.76. The Balaban J connectivity index is 2.25. The number of aromatic nitrogens is 2. The molecule has 0 bridgehead atoms. The fraction of sp³-hybridized carbons (Fsp3) is 0.333. The van der Waals surface area contributed by atoms with Crippen molar-refractivity contribution in [2.45, 2.75) is 18.7 Å². The minimum Gasteiger partial charge on any atom is -0.339 e. The molecular formula is C15H20N4O3S. The van der Waals surface area contributed by atoms with Crippen molar-refractivity contribution in [1.29, 1.82) is 0 Å². The van der Waals surface area contributed by atoms with Gasteiger partial charge in [0.15, 0.2) is 0 Å². The van der Waals surface area contributed by atoms with Gasteiger partial charge >= 0.3 is 0 Å². The topological polar surface area (TPSA) is 84.3 Å². The van der Waals surface area contributed by atoms with Crippen molar-refractivity contribution in [2.24, 2.45) is 7.05 Å². The van der Waals surface area contributed by atoms with Crippen LogP contribution in [0.25, 0.3) is 0 Å². The van der Waals surface area contributed by atoms with Gasteiger partial charge in [-0.25, -0.2) is 8.42 Å². The van der Waals surface area contributed by atoms with Gasteiger partial charge in [-0.3, -0.25) is 14.2 Å².